The van der Waals surface area contributed by atoms with Crippen LogP contribution in [-0.4, -0.2) is 0 Å². The van der Waals surface area contributed by atoms with E-state index in [1.54, 1.807) is 19.1 Å². The molecule has 0 amide bonds. The summed E-state index contributed by atoms with van der Waals surface area (Å²) < 4.78 is 13.2. The van der Waals surface area contributed by atoms with Crippen molar-refractivity contribution < 1.29 is 4.39 Å². The van der Waals surface area contributed by atoms with E-state index in [1.807, 2.05) is 25.1 Å². The second-order valence-corrected chi connectivity index (χ2v) is 4.25. The molecule has 0 unspecified atom stereocenters. The SMILES string of the molecule is Cc1ccc(Nc2ccc(F)c(C)c2)c(C#N)c1. The van der Waals surface area contributed by atoms with Gasteiger partial charge in [-0.1, -0.05) is 6.07 Å². The molecule has 0 radical (unpaired) electrons. The van der Waals surface area contributed by atoms with Crippen LogP contribution in [0, 0.1) is 31.0 Å². The van der Waals surface area contributed by atoms with Crippen molar-refractivity contribution in [2.75, 3.05) is 5.32 Å². The maximum absolute atomic E-state index is 13.2. The zero-order valence-electron chi connectivity index (χ0n) is 10.3. The van der Waals surface area contributed by atoms with Crippen LogP contribution in [0.15, 0.2) is 36.4 Å². The number of anilines is 2. The summed E-state index contributed by atoms with van der Waals surface area (Å²) in [6.07, 6.45) is 0. The Kier molecular flexibility index (Phi) is 3.29. The fourth-order valence-corrected chi connectivity index (χ4v) is 1.74. The summed E-state index contributed by atoms with van der Waals surface area (Å²) in [6.45, 7) is 3.65. The molecule has 0 aromatic heterocycles. The Morgan fingerprint density at radius 1 is 1.11 bits per heavy atom. The molecule has 18 heavy (non-hydrogen) atoms. The molecule has 2 nitrogen and oxygen atoms in total. The van der Waals surface area contributed by atoms with Crippen molar-refractivity contribution in [3.8, 4) is 6.07 Å². The number of benzene rings is 2. The van der Waals surface area contributed by atoms with Gasteiger partial charge in [-0.3, -0.25) is 0 Å². The molecular weight excluding hydrogens is 227 g/mol. The molecule has 2 aromatic carbocycles. The van der Waals surface area contributed by atoms with Crippen LogP contribution >= 0.6 is 0 Å². The molecule has 0 bridgehead atoms. The summed E-state index contributed by atoms with van der Waals surface area (Å²) in [7, 11) is 0. The Labute approximate surface area is 106 Å². The summed E-state index contributed by atoms with van der Waals surface area (Å²) in [5, 5.41) is 12.2. The third-order valence-electron chi connectivity index (χ3n) is 2.73. The van der Waals surface area contributed by atoms with E-state index in [2.05, 4.69) is 11.4 Å². The van der Waals surface area contributed by atoms with Gasteiger partial charge in [-0.25, -0.2) is 4.39 Å². The zero-order valence-corrected chi connectivity index (χ0v) is 10.3. The monoisotopic (exact) mass is 240 g/mol. The van der Waals surface area contributed by atoms with Crippen LogP contribution in [0.1, 0.15) is 16.7 Å². The molecule has 0 atom stereocenters. The molecule has 0 aliphatic heterocycles. The maximum Gasteiger partial charge on any atom is 0.126 e. The van der Waals surface area contributed by atoms with Crippen LogP contribution in [0.5, 0.6) is 0 Å². The molecule has 2 aromatic rings. The predicted octanol–water partition coefficient (Wildman–Crippen LogP) is 4.06. The summed E-state index contributed by atoms with van der Waals surface area (Å²) in [6, 6.07) is 12.5. The summed E-state index contributed by atoms with van der Waals surface area (Å²) in [4.78, 5) is 0. The van der Waals surface area contributed by atoms with Gasteiger partial charge >= 0.3 is 0 Å². The van der Waals surface area contributed by atoms with Crippen LogP contribution in [-0.2, 0) is 0 Å². The largest absolute Gasteiger partial charge is 0.354 e. The average molecular weight is 240 g/mol. The molecule has 0 saturated carbocycles. The minimum Gasteiger partial charge on any atom is -0.354 e. The number of hydrogen-bond donors (Lipinski definition) is 1. The fourth-order valence-electron chi connectivity index (χ4n) is 1.74. The number of hydrogen-bond acceptors (Lipinski definition) is 2. The highest BCUT2D eigenvalue weighted by molar-refractivity contribution is 5.67. The van der Waals surface area contributed by atoms with E-state index in [4.69, 9.17) is 5.26 Å². The van der Waals surface area contributed by atoms with Gasteiger partial charge in [0.2, 0.25) is 0 Å². The number of nitriles is 1. The van der Waals surface area contributed by atoms with Crippen LogP contribution < -0.4 is 5.32 Å². The minimum atomic E-state index is -0.232. The lowest BCUT2D eigenvalue weighted by atomic mass is 10.1. The van der Waals surface area contributed by atoms with Crippen molar-refractivity contribution in [2.24, 2.45) is 0 Å². The number of nitrogens with one attached hydrogen (secondary N) is 1. The van der Waals surface area contributed by atoms with Crippen molar-refractivity contribution in [1.82, 2.24) is 0 Å². The van der Waals surface area contributed by atoms with E-state index in [0.717, 1.165) is 16.9 Å². The number of nitrogens with zero attached hydrogens (tertiary/aromatic N) is 1. The average Bonchev–Trinajstić information content (AvgIpc) is 2.36. The standard InChI is InChI=1S/C15H13FN2/c1-10-3-6-15(12(7-10)9-17)18-13-4-5-14(16)11(2)8-13/h3-8,18H,1-2H3. The summed E-state index contributed by atoms with van der Waals surface area (Å²) >= 11 is 0. The van der Waals surface area contributed by atoms with E-state index < -0.39 is 0 Å². The first-order chi connectivity index (χ1) is 8.60. The first-order valence-corrected chi connectivity index (χ1v) is 5.64. The topological polar surface area (TPSA) is 35.8 Å². The molecule has 0 saturated heterocycles. The highest BCUT2D eigenvalue weighted by atomic mass is 19.1. The lowest BCUT2D eigenvalue weighted by molar-refractivity contribution is 0.619. The molecule has 90 valence electrons. The molecule has 1 N–H and O–H groups in total. The third-order valence-corrected chi connectivity index (χ3v) is 2.73. The van der Waals surface area contributed by atoms with Gasteiger partial charge in [0.05, 0.1) is 11.3 Å². The summed E-state index contributed by atoms with van der Waals surface area (Å²) in [5.41, 5.74) is 3.69. The van der Waals surface area contributed by atoms with Crippen molar-refractivity contribution in [3.63, 3.8) is 0 Å². The highest BCUT2D eigenvalue weighted by Gasteiger charge is 2.04. The maximum atomic E-state index is 13.2. The van der Waals surface area contributed by atoms with E-state index >= 15 is 0 Å². The van der Waals surface area contributed by atoms with Crippen LogP contribution in [0.25, 0.3) is 0 Å². The van der Waals surface area contributed by atoms with E-state index in [0.29, 0.717) is 11.1 Å². The molecule has 0 heterocycles. The minimum absolute atomic E-state index is 0.232. The Morgan fingerprint density at radius 3 is 2.56 bits per heavy atom. The van der Waals surface area contributed by atoms with Crippen molar-refractivity contribution in [2.45, 2.75) is 13.8 Å². The summed E-state index contributed by atoms with van der Waals surface area (Å²) in [5.74, 6) is -0.232. The normalized spacial score (nSPS) is 9.89. The molecule has 0 aliphatic rings. The van der Waals surface area contributed by atoms with Gasteiger partial charge in [-0.15, -0.1) is 0 Å². The number of rotatable bonds is 2. The predicted molar refractivity (Wildman–Crippen MR) is 70.3 cm³/mol. The molecular formula is C15H13FN2. The molecule has 0 spiro atoms. The van der Waals surface area contributed by atoms with E-state index in [1.165, 1.54) is 6.07 Å². The fraction of sp³-hybridized carbons (Fsp3) is 0.133. The van der Waals surface area contributed by atoms with E-state index in [9.17, 15) is 4.39 Å². The molecule has 0 aliphatic carbocycles. The zero-order chi connectivity index (χ0) is 13.1. The highest BCUT2D eigenvalue weighted by Crippen LogP contribution is 2.23. The van der Waals surface area contributed by atoms with E-state index in [-0.39, 0.29) is 5.82 Å². The quantitative estimate of drug-likeness (QED) is 0.859. The van der Waals surface area contributed by atoms with Gasteiger partial charge < -0.3 is 5.32 Å². The molecule has 0 fully saturated rings. The second kappa shape index (κ2) is 4.89. The lowest BCUT2D eigenvalue weighted by Gasteiger charge is -2.09. The molecule has 3 heteroatoms. The van der Waals surface area contributed by atoms with Gasteiger partial charge in [-0.2, -0.15) is 5.26 Å². The Morgan fingerprint density at radius 2 is 1.89 bits per heavy atom. The van der Waals surface area contributed by atoms with Gasteiger partial charge in [0, 0.05) is 5.69 Å². The van der Waals surface area contributed by atoms with Crippen LogP contribution in [0.2, 0.25) is 0 Å². The van der Waals surface area contributed by atoms with Gasteiger partial charge in [0.25, 0.3) is 0 Å². The third kappa shape index (κ3) is 2.49. The van der Waals surface area contributed by atoms with Crippen molar-refractivity contribution in [3.05, 3.63) is 58.9 Å². The van der Waals surface area contributed by atoms with Crippen LogP contribution in [0.3, 0.4) is 0 Å². The first-order valence-electron chi connectivity index (χ1n) is 5.64. The van der Waals surface area contributed by atoms with Gasteiger partial charge in [0.15, 0.2) is 0 Å². The second-order valence-electron chi connectivity index (χ2n) is 4.25. The Hall–Kier alpha value is -2.34. The van der Waals surface area contributed by atoms with Crippen molar-refractivity contribution >= 4 is 11.4 Å². The van der Waals surface area contributed by atoms with Gasteiger partial charge in [-0.05, 0) is 55.3 Å². The number of halogens is 1. The molecule has 2 rings (SSSR count). The Bertz CT molecular complexity index is 627. The first kappa shape index (κ1) is 12.1. The lowest BCUT2D eigenvalue weighted by Crippen LogP contribution is -1.95. The van der Waals surface area contributed by atoms with Crippen molar-refractivity contribution in [1.29, 1.82) is 5.26 Å². The smallest absolute Gasteiger partial charge is 0.126 e. The number of aryl methyl sites for hydroxylation is 2. The van der Waals surface area contributed by atoms with Gasteiger partial charge in [0.1, 0.15) is 11.9 Å². The Balaban J connectivity index is 2.34. The van der Waals surface area contributed by atoms with Crippen LogP contribution in [0.4, 0.5) is 15.8 Å².